The van der Waals surface area contributed by atoms with Gasteiger partial charge in [-0.2, -0.15) is 10.4 Å². The van der Waals surface area contributed by atoms with E-state index in [1.807, 2.05) is 6.07 Å². The lowest BCUT2D eigenvalue weighted by molar-refractivity contribution is -0.385. The summed E-state index contributed by atoms with van der Waals surface area (Å²) in [5, 5.41) is 26.3. The first-order chi connectivity index (χ1) is 17.7. The molecule has 0 atom stereocenters. The van der Waals surface area contributed by atoms with Crippen molar-refractivity contribution in [3.05, 3.63) is 93.5 Å². The maximum Gasteiger partial charge on any atom is 0.350 e. The fourth-order valence-electron chi connectivity index (χ4n) is 3.00. The van der Waals surface area contributed by atoms with Crippen LogP contribution in [0.4, 0.5) is 11.4 Å². The lowest BCUT2D eigenvalue weighted by Crippen LogP contribution is -2.32. The van der Waals surface area contributed by atoms with Gasteiger partial charge >= 0.3 is 17.8 Å². The van der Waals surface area contributed by atoms with Crippen molar-refractivity contribution in [2.75, 3.05) is 12.4 Å². The third-order valence-corrected chi connectivity index (χ3v) is 4.91. The minimum atomic E-state index is -1.02. The number of nitrogens with one attached hydrogen (secondary N) is 2. The maximum atomic E-state index is 12.5. The number of carbonyl (C=O) groups is 3. The summed E-state index contributed by atoms with van der Waals surface area (Å²) in [4.78, 5) is 47.2. The summed E-state index contributed by atoms with van der Waals surface area (Å²) in [5.74, 6) is -2.79. The molecule has 12 heteroatoms. The number of nitro groups is 1. The molecule has 0 aliphatic rings. The van der Waals surface area contributed by atoms with Gasteiger partial charge in [-0.25, -0.2) is 10.2 Å². The Morgan fingerprint density at radius 1 is 1.00 bits per heavy atom. The molecule has 0 aromatic heterocycles. The van der Waals surface area contributed by atoms with Crippen LogP contribution in [0.25, 0.3) is 0 Å². The standard InChI is InChI=1S/C25H19N5O7/c1-15(28-29-24(32)23(31)27-18-10-7-16(14-26)8-11-18)17-9-12-21(22(13-17)36-2)37-25(33)19-5-3-4-6-20(19)30(34)35/h3-13H,1-2H3,(H,27,31)(H,29,32)/b28-15+. The number of rotatable bonds is 7. The number of benzene rings is 3. The summed E-state index contributed by atoms with van der Waals surface area (Å²) in [5.41, 5.74) is 3.02. The van der Waals surface area contributed by atoms with Crippen LogP contribution in [0.1, 0.15) is 28.4 Å². The van der Waals surface area contributed by atoms with Gasteiger partial charge < -0.3 is 14.8 Å². The summed E-state index contributed by atoms with van der Waals surface area (Å²) in [6.07, 6.45) is 0. The van der Waals surface area contributed by atoms with Gasteiger partial charge in [0, 0.05) is 17.3 Å². The van der Waals surface area contributed by atoms with Gasteiger partial charge in [0.05, 0.1) is 29.4 Å². The Labute approximate surface area is 210 Å². The van der Waals surface area contributed by atoms with Gasteiger partial charge in [0.25, 0.3) is 5.69 Å². The van der Waals surface area contributed by atoms with Gasteiger partial charge in [-0.1, -0.05) is 12.1 Å². The Bertz CT molecular complexity index is 1440. The number of anilines is 1. The summed E-state index contributed by atoms with van der Waals surface area (Å²) >= 11 is 0. The van der Waals surface area contributed by atoms with Crippen molar-refractivity contribution >= 4 is 34.9 Å². The summed E-state index contributed by atoms with van der Waals surface area (Å²) in [6, 6.07) is 17.7. The molecule has 0 radical (unpaired) electrons. The van der Waals surface area contributed by atoms with Crippen molar-refractivity contribution in [3.63, 3.8) is 0 Å². The SMILES string of the molecule is COc1cc(/C(C)=N/NC(=O)C(=O)Nc2ccc(C#N)cc2)ccc1OC(=O)c1ccccc1[N+](=O)[O-]. The number of nitro benzene ring substituents is 1. The van der Waals surface area contributed by atoms with Gasteiger partial charge in [0.1, 0.15) is 5.56 Å². The molecule has 0 saturated carbocycles. The van der Waals surface area contributed by atoms with Crippen LogP contribution in [-0.2, 0) is 9.59 Å². The van der Waals surface area contributed by atoms with Crippen LogP contribution in [0.5, 0.6) is 11.5 Å². The molecule has 0 fully saturated rings. The van der Waals surface area contributed by atoms with Crippen LogP contribution < -0.4 is 20.2 Å². The molecule has 0 heterocycles. The van der Waals surface area contributed by atoms with Crippen LogP contribution >= 0.6 is 0 Å². The van der Waals surface area contributed by atoms with Crippen molar-refractivity contribution in [1.29, 1.82) is 5.26 Å². The molecule has 3 rings (SSSR count). The van der Waals surface area contributed by atoms with Gasteiger partial charge in [0.15, 0.2) is 11.5 Å². The predicted octanol–water partition coefficient (Wildman–Crippen LogP) is 3.17. The van der Waals surface area contributed by atoms with Crippen molar-refractivity contribution in [2.45, 2.75) is 6.92 Å². The highest BCUT2D eigenvalue weighted by molar-refractivity contribution is 6.39. The topological polar surface area (TPSA) is 173 Å². The average Bonchev–Trinajstić information content (AvgIpc) is 2.91. The number of nitriles is 1. The molecule has 0 bridgehead atoms. The molecule has 12 nitrogen and oxygen atoms in total. The van der Waals surface area contributed by atoms with Gasteiger partial charge in [-0.05, 0) is 55.5 Å². The highest BCUT2D eigenvalue weighted by atomic mass is 16.6. The minimum Gasteiger partial charge on any atom is -0.493 e. The summed E-state index contributed by atoms with van der Waals surface area (Å²) in [6.45, 7) is 1.56. The molecule has 0 aliphatic heterocycles. The third-order valence-electron chi connectivity index (χ3n) is 4.91. The predicted molar refractivity (Wildman–Crippen MR) is 131 cm³/mol. The number of carbonyl (C=O) groups excluding carboxylic acids is 3. The van der Waals surface area contributed by atoms with Crippen LogP contribution in [0, 0.1) is 21.4 Å². The van der Waals surface area contributed by atoms with Crippen LogP contribution in [0.3, 0.4) is 0 Å². The number of esters is 1. The smallest absolute Gasteiger partial charge is 0.350 e. The van der Waals surface area contributed by atoms with E-state index in [-0.39, 0.29) is 17.1 Å². The Hall–Kier alpha value is -5.57. The second-order valence-electron chi connectivity index (χ2n) is 7.31. The van der Waals surface area contributed by atoms with E-state index in [1.165, 1.54) is 73.8 Å². The average molecular weight is 501 g/mol. The number of para-hydroxylation sites is 1. The van der Waals surface area contributed by atoms with Crippen molar-refractivity contribution in [3.8, 4) is 17.6 Å². The van der Waals surface area contributed by atoms with E-state index in [9.17, 15) is 24.5 Å². The largest absolute Gasteiger partial charge is 0.493 e. The molecular weight excluding hydrogens is 482 g/mol. The highest BCUT2D eigenvalue weighted by Gasteiger charge is 2.22. The fourth-order valence-corrected chi connectivity index (χ4v) is 3.00. The maximum absolute atomic E-state index is 12.5. The van der Waals surface area contributed by atoms with Gasteiger partial charge in [0.2, 0.25) is 0 Å². The molecule has 3 aromatic rings. The first kappa shape index (κ1) is 26.0. The van der Waals surface area contributed by atoms with E-state index < -0.39 is 28.4 Å². The number of amides is 2. The number of methoxy groups -OCH3 is 1. The molecule has 3 aromatic carbocycles. The van der Waals surface area contributed by atoms with E-state index in [0.717, 1.165) is 0 Å². The van der Waals surface area contributed by atoms with E-state index in [2.05, 4.69) is 15.8 Å². The number of hydrazone groups is 1. The Morgan fingerprint density at radius 3 is 2.35 bits per heavy atom. The van der Waals surface area contributed by atoms with E-state index in [1.54, 1.807) is 6.92 Å². The van der Waals surface area contributed by atoms with Crippen LogP contribution in [-0.4, -0.2) is 35.5 Å². The lowest BCUT2D eigenvalue weighted by Gasteiger charge is -2.11. The number of hydrogen-bond acceptors (Lipinski definition) is 9. The van der Waals surface area contributed by atoms with Gasteiger partial charge in [-0.15, -0.1) is 0 Å². The second kappa shape index (κ2) is 11.7. The Morgan fingerprint density at radius 2 is 1.70 bits per heavy atom. The quantitative estimate of drug-likeness (QED) is 0.124. The van der Waals surface area contributed by atoms with E-state index >= 15 is 0 Å². The molecule has 37 heavy (non-hydrogen) atoms. The first-order valence-corrected chi connectivity index (χ1v) is 10.5. The normalized spacial score (nSPS) is 10.6. The van der Waals surface area contributed by atoms with Crippen molar-refractivity contribution in [2.24, 2.45) is 5.10 Å². The zero-order chi connectivity index (χ0) is 26.9. The van der Waals surface area contributed by atoms with Gasteiger partial charge in [-0.3, -0.25) is 19.7 Å². The second-order valence-corrected chi connectivity index (χ2v) is 7.31. The summed E-state index contributed by atoms with van der Waals surface area (Å²) in [7, 11) is 1.34. The molecule has 186 valence electrons. The molecule has 0 aliphatic carbocycles. The number of hydrogen-bond donors (Lipinski definition) is 2. The number of nitrogens with zero attached hydrogens (tertiary/aromatic N) is 3. The van der Waals surface area contributed by atoms with Crippen molar-refractivity contribution < 1.29 is 28.8 Å². The van der Waals surface area contributed by atoms with Crippen molar-refractivity contribution in [1.82, 2.24) is 5.43 Å². The third kappa shape index (κ3) is 6.52. The van der Waals surface area contributed by atoms with Crippen LogP contribution in [0.2, 0.25) is 0 Å². The molecule has 0 unspecified atom stereocenters. The van der Waals surface area contributed by atoms with E-state index in [0.29, 0.717) is 22.5 Å². The molecular formula is C25H19N5O7. The number of ether oxygens (including phenoxy) is 2. The monoisotopic (exact) mass is 501 g/mol. The zero-order valence-corrected chi connectivity index (χ0v) is 19.6. The van der Waals surface area contributed by atoms with E-state index in [4.69, 9.17) is 14.7 Å². The fraction of sp³-hybridized carbons (Fsp3) is 0.0800. The Kier molecular flexibility index (Phi) is 8.25. The highest BCUT2D eigenvalue weighted by Crippen LogP contribution is 2.30. The first-order valence-electron chi connectivity index (χ1n) is 10.5. The Balaban J connectivity index is 1.69. The lowest BCUT2D eigenvalue weighted by atomic mass is 10.1. The summed E-state index contributed by atoms with van der Waals surface area (Å²) < 4.78 is 10.6. The zero-order valence-electron chi connectivity index (χ0n) is 19.6. The molecule has 0 spiro atoms. The molecule has 0 saturated heterocycles. The van der Waals surface area contributed by atoms with Crippen LogP contribution in [0.15, 0.2) is 71.8 Å². The molecule has 2 N–H and O–H groups in total. The molecule has 2 amide bonds. The minimum absolute atomic E-state index is 0.00744.